The number of nitrogens with one attached hydrogen (secondary N) is 6. The predicted octanol–water partition coefficient (Wildman–Crippen LogP) is 1.39. The van der Waals surface area contributed by atoms with Crippen LogP contribution in [0.2, 0.25) is 0 Å². The van der Waals surface area contributed by atoms with Crippen LogP contribution in [0.1, 0.15) is 55.6 Å². The van der Waals surface area contributed by atoms with E-state index in [2.05, 4.69) is 31.6 Å². The molecule has 3 aromatic rings. The van der Waals surface area contributed by atoms with Gasteiger partial charge in [-0.3, -0.25) is 24.0 Å². The first-order valence-electron chi connectivity index (χ1n) is 16.4. The topological polar surface area (TPSA) is 219 Å². The number of carbonyl (C=O) groups excluding carboxylic acids is 5. The number of rotatable bonds is 6. The molecule has 0 radical (unpaired) electrons. The highest BCUT2D eigenvalue weighted by Gasteiger charge is 2.34. The second kappa shape index (κ2) is 16.7. The molecule has 6 atom stereocenters. The Morgan fingerprint density at radius 3 is 2.30 bits per heavy atom. The maximum absolute atomic E-state index is 14.1. The zero-order chi connectivity index (χ0) is 36.7. The third-order valence-corrected chi connectivity index (χ3v) is 9.39. The summed E-state index contributed by atoms with van der Waals surface area (Å²) >= 11 is 1.09. The average Bonchev–Trinajstić information content (AvgIpc) is 3.40. The number of amides is 5. The van der Waals surface area contributed by atoms with Crippen LogP contribution in [-0.2, 0) is 30.4 Å². The highest BCUT2D eigenvalue weighted by atomic mass is 32.2. The Balaban J connectivity index is 1.81. The Kier molecular flexibility index (Phi) is 12.6. The Hall–Kier alpha value is -4.89. The third kappa shape index (κ3) is 9.63. The van der Waals surface area contributed by atoms with Gasteiger partial charge in [0.05, 0.1) is 11.1 Å². The van der Waals surface area contributed by atoms with Crippen molar-refractivity contribution in [1.82, 2.24) is 31.6 Å². The van der Waals surface area contributed by atoms with Gasteiger partial charge in [-0.1, -0.05) is 49.7 Å². The largest absolute Gasteiger partial charge is 0.480 e. The number of carboxylic acid groups (broad SMARTS) is 1. The number of aryl methyl sites for hydroxylation is 1. The molecule has 1 aromatic heterocycles. The number of aromatic nitrogens is 1. The molecule has 0 fully saturated rings. The molecular weight excluding hydrogens is 664 g/mol. The van der Waals surface area contributed by atoms with Gasteiger partial charge in [0.1, 0.15) is 30.2 Å². The number of H-pyrrole nitrogens is 1. The van der Waals surface area contributed by atoms with E-state index >= 15 is 0 Å². The summed E-state index contributed by atoms with van der Waals surface area (Å²) in [5.74, 6) is -5.16. The second-order valence-electron chi connectivity index (χ2n) is 12.9. The summed E-state index contributed by atoms with van der Waals surface area (Å²) in [5, 5.41) is 34.5. The fourth-order valence-corrected chi connectivity index (χ4v) is 6.69. The Labute approximate surface area is 293 Å². The van der Waals surface area contributed by atoms with Crippen molar-refractivity contribution in [3.8, 4) is 0 Å². The number of carbonyl (C=O) groups is 6. The van der Waals surface area contributed by atoms with E-state index in [1.807, 2.05) is 51.1 Å². The molecular formula is C35H44N6O8S. The monoisotopic (exact) mass is 708 g/mol. The molecule has 14 nitrogen and oxygen atoms in total. The van der Waals surface area contributed by atoms with Gasteiger partial charge >= 0.3 is 5.97 Å². The van der Waals surface area contributed by atoms with Crippen LogP contribution in [0.4, 0.5) is 0 Å². The lowest BCUT2D eigenvalue weighted by molar-refractivity contribution is -0.142. The first-order valence-corrected chi connectivity index (χ1v) is 17.3. The minimum Gasteiger partial charge on any atom is -0.480 e. The van der Waals surface area contributed by atoms with Crippen molar-refractivity contribution in [3.05, 3.63) is 65.2 Å². The highest BCUT2D eigenvalue weighted by molar-refractivity contribution is 7.99. The van der Waals surface area contributed by atoms with Crippen LogP contribution in [-0.4, -0.2) is 92.8 Å². The molecule has 0 aliphatic carbocycles. The van der Waals surface area contributed by atoms with Gasteiger partial charge in [0, 0.05) is 28.6 Å². The van der Waals surface area contributed by atoms with Gasteiger partial charge in [0.2, 0.25) is 23.6 Å². The van der Waals surface area contributed by atoms with Gasteiger partial charge in [-0.25, -0.2) is 4.79 Å². The van der Waals surface area contributed by atoms with E-state index in [4.69, 9.17) is 0 Å². The Morgan fingerprint density at radius 2 is 1.64 bits per heavy atom. The first-order chi connectivity index (χ1) is 23.6. The molecule has 15 heteroatoms. The number of thioether (sulfide) groups is 1. The van der Waals surface area contributed by atoms with E-state index in [0.29, 0.717) is 21.7 Å². The van der Waals surface area contributed by atoms with E-state index in [1.165, 1.54) is 13.8 Å². The number of para-hydroxylation sites is 1. The van der Waals surface area contributed by atoms with E-state index < -0.39 is 71.8 Å². The van der Waals surface area contributed by atoms with Crippen molar-refractivity contribution in [2.75, 3.05) is 5.75 Å². The van der Waals surface area contributed by atoms with Gasteiger partial charge in [0.15, 0.2) is 0 Å². The van der Waals surface area contributed by atoms with Crippen molar-refractivity contribution in [2.24, 2.45) is 5.92 Å². The molecule has 1 aliphatic heterocycles. The minimum absolute atomic E-state index is 0.0429. The molecule has 0 bridgehead atoms. The van der Waals surface area contributed by atoms with Crippen LogP contribution in [0.3, 0.4) is 0 Å². The lowest BCUT2D eigenvalue weighted by atomic mass is 10.00. The van der Waals surface area contributed by atoms with Crippen LogP contribution >= 0.6 is 11.8 Å². The molecule has 268 valence electrons. The fraction of sp³-hybridized carbons (Fsp3) is 0.429. The maximum atomic E-state index is 14.1. The van der Waals surface area contributed by atoms with Crippen LogP contribution in [0.25, 0.3) is 10.9 Å². The highest BCUT2D eigenvalue weighted by Crippen LogP contribution is 2.31. The van der Waals surface area contributed by atoms with Crippen molar-refractivity contribution in [3.63, 3.8) is 0 Å². The van der Waals surface area contributed by atoms with E-state index in [1.54, 1.807) is 18.2 Å². The summed E-state index contributed by atoms with van der Waals surface area (Å²) in [7, 11) is 0. The number of hydrogen-bond acceptors (Lipinski definition) is 8. The Bertz CT molecular complexity index is 1760. The molecule has 0 spiro atoms. The quantitative estimate of drug-likeness (QED) is 0.185. The van der Waals surface area contributed by atoms with Crippen LogP contribution in [0, 0.1) is 12.8 Å². The van der Waals surface area contributed by atoms with Crippen LogP contribution < -0.4 is 26.6 Å². The van der Waals surface area contributed by atoms with E-state index in [0.717, 1.165) is 22.7 Å². The zero-order valence-electron chi connectivity index (χ0n) is 28.5. The lowest BCUT2D eigenvalue weighted by Gasteiger charge is -2.27. The fourth-order valence-electron chi connectivity index (χ4n) is 5.58. The molecule has 50 heavy (non-hydrogen) atoms. The summed E-state index contributed by atoms with van der Waals surface area (Å²) < 4.78 is 0. The molecule has 0 saturated carbocycles. The maximum Gasteiger partial charge on any atom is 0.327 e. The first kappa shape index (κ1) is 37.9. The van der Waals surface area contributed by atoms with E-state index in [9.17, 15) is 39.0 Å². The van der Waals surface area contributed by atoms with Gasteiger partial charge in [-0.2, -0.15) is 0 Å². The lowest BCUT2D eigenvalue weighted by Crippen LogP contribution is -2.60. The molecule has 2 aromatic carbocycles. The zero-order valence-corrected chi connectivity index (χ0v) is 29.4. The number of fused-ring (bicyclic) bond motifs is 3. The van der Waals surface area contributed by atoms with Crippen LogP contribution in [0.15, 0.2) is 53.6 Å². The molecule has 5 amide bonds. The van der Waals surface area contributed by atoms with Gasteiger partial charge < -0.3 is 41.8 Å². The second-order valence-corrected chi connectivity index (χ2v) is 14.0. The SMILES string of the molecule is Cc1cccc(C(=O)N[C@H]2Cc3c([nH]c4ccccc34)SC[C@@H](C(=O)O)NC(=O)[C@H]([C@@H](C)O)NC(=O)[C@@H](C)NC(=O)[C@H](CC(C)C)NC2=O)c1. The number of aliphatic hydroxyl groups excluding tert-OH is 1. The predicted molar refractivity (Wildman–Crippen MR) is 187 cm³/mol. The molecule has 4 rings (SSSR count). The number of hydrogen-bond donors (Lipinski definition) is 8. The summed E-state index contributed by atoms with van der Waals surface area (Å²) in [6, 6.07) is 7.66. The third-order valence-electron chi connectivity index (χ3n) is 8.25. The smallest absolute Gasteiger partial charge is 0.327 e. The number of carboxylic acids is 1. The minimum atomic E-state index is -1.53. The van der Waals surface area contributed by atoms with Crippen molar-refractivity contribution >= 4 is 58.2 Å². The molecule has 0 unspecified atom stereocenters. The molecule has 1 aliphatic rings. The summed E-state index contributed by atoms with van der Waals surface area (Å²) in [4.78, 5) is 83.1. The van der Waals surface area contributed by atoms with Crippen LogP contribution in [0.5, 0.6) is 0 Å². The number of benzene rings is 2. The summed E-state index contributed by atoms with van der Waals surface area (Å²) in [6.45, 7) is 8.21. The number of aromatic amines is 1. The summed E-state index contributed by atoms with van der Waals surface area (Å²) in [6.07, 6.45) is -1.25. The van der Waals surface area contributed by atoms with Gasteiger partial charge in [0.25, 0.3) is 5.91 Å². The Morgan fingerprint density at radius 1 is 0.920 bits per heavy atom. The average molecular weight is 709 g/mol. The molecule has 0 saturated heterocycles. The standard InChI is InChI=1S/C35H44N6O8S/c1-17(2)13-25-31(45)36-19(4)29(43)41-28(20(5)42)33(47)39-27(35(48)49)16-50-34-23(22-11-6-7-12-24(22)40-34)15-26(32(46)38-25)37-30(44)21-10-8-9-18(3)14-21/h6-12,14,17,19-20,25-28,40,42H,13,15-16H2,1-5H3,(H,36,45)(H,37,44)(H,38,46)(H,39,47)(H,41,43)(H,48,49)/t19-,20-,25+,26+,27+,28+/m1/s1. The molecule has 8 N–H and O–H groups in total. The van der Waals surface area contributed by atoms with Crippen molar-refractivity contribution in [1.29, 1.82) is 0 Å². The normalized spacial score (nSPS) is 23.4. The van der Waals surface area contributed by atoms with Crippen molar-refractivity contribution in [2.45, 2.75) is 88.8 Å². The van der Waals surface area contributed by atoms with E-state index in [-0.39, 0.29) is 24.5 Å². The number of aliphatic carboxylic acids is 1. The van der Waals surface area contributed by atoms with Gasteiger partial charge in [-0.05, 0) is 56.9 Å². The number of aliphatic hydroxyl groups is 1. The van der Waals surface area contributed by atoms with Gasteiger partial charge in [-0.15, -0.1) is 11.8 Å². The summed E-state index contributed by atoms with van der Waals surface area (Å²) in [5.41, 5.74) is 2.48. The molecule has 2 heterocycles. The van der Waals surface area contributed by atoms with Crippen molar-refractivity contribution < 1.29 is 39.0 Å².